The molecule has 1 saturated carbocycles. The molecule has 2 rings (SSSR count). The van der Waals surface area contributed by atoms with Crippen molar-refractivity contribution in [3.63, 3.8) is 0 Å². The highest BCUT2D eigenvalue weighted by molar-refractivity contribution is 5.95. The minimum atomic E-state index is -0.295. The zero-order valence-corrected chi connectivity index (χ0v) is 11.7. The van der Waals surface area contributed by atoms with E-state index in [4.69, 9.17) is 0 Å². The SMILES string of the molecule is Cc1cc(F)ccc1C(=O)NC1CCCCCC1C. The molecule has 0 aliphatic heterocycles. The van der Waals surface area contributed by atoms with Crippen LogP contribution in [0.3, 0.4) is 0 Å². The molecule has 0 spiro atoms. The van der Waals surface area contributed by atoms with Gasteiger partial charge >= 0.3 is 0 Å². The Morgan fingerprint density at radius 1 is 1.26 bits per heavy atom. The zero-order valence-electron chi connectivity index (χ0n) is 11.7. The molecule has 19 heavy (non-hydrogen) atoms. The third-order valence-corrected chi connectivity index (χ3v) is 4.11. The summed E-state index contributed by atoms with van der Waals surface area (Å²) in [4.78, 5) is 12.3. The van der Waals surface area contributed by atoms with Gasteiger partial charge in [0.1, 0.15) is 5.82 Å². The molecule has 0 bridgehead atoms. The Bertz CT molecular complexity index is 458. The summed E-state index contributed by atoms with van der Waals surface area (Å²) in [6.45, 7) is 3.97. The van der Waals surface area contributed by atoms with Crippen LogP contribution >= 0.6 is 0 Å². The number of carbonyl (C=O) groups excluding carboxylic acids is 1. The second-order valence-electron chi connectivity index (χ2n) is 5.65. The molecule has 2 nitrogen and oxygen atoms in total. The summed E-state index contributed by atoms with van der Waals surface area (Å²) in [5.74, 6) is 0.153. The number of hydrogen-bond acceptors (Lipinski definition) is 1. The largest absolute Gasteiger partial charge is 0.349 e. The zero-order chi connectivity index (χ0) is 13.8. The number of hydrogen-bond donors (Lipinski definition) is 1. The Morgan fingerprint density at radius 2 is 2.00 bits per heavy atom. The highest BCUT2D eigenvalue weighted by Gasteiger charge is 2.22. The lowest BCUT2D eigenvalue weighted by atomic mass is 9.96. The van der Waals surface area contributed by atoms with Gasteiger partial charge in [0, 0.05) is 11.6 Å². The Balaban J connectivity index is 2.07. The van der Waals surface area contributed by atoms with Gasteiger partial charge in [0.2, 0.25) is 0 Å². The van der Waals surface area contributed by atoms with E-state index >= 15 is 0 Å². The van der Waals surface area contributed by atoms with Crippen molar-refractivity contribution in [1.82, 2.24) is 5.32 Å². The van der Waals surface area contributed by atoms with Crippen LogP contribution in [0.4, 0.5) is 4.39 Å². The minimum absolute atomic E-state index is 0.0729. The molecule has 1 N–H and O–H groups in total. The summed E-state index contributed by atoms with van der Waals surface area (Å²) < 4.78 is 13.1. The summed E-state index contributed by atoms with van der Waals surface area (Å²) >= 11 is 0. The summed E-state index contributed by atoms with van der Waals surface area (Å²) in [7, 11) is 0. The van der Waals surface area contributed by atoms with Gasteiger partial charge in [-0.3, -0.25) is 4.79 Å². The molecule has 1 aromatic rings. The normalized spacial score (nSPS) is 23.7. The van der Waals surface area contributed by atoms with Crippen LogP contribution in [0.25, 0.3) is 0 Å². The highest BCUT2D eigenvalue weighted by Crippen LogP contribution is 2.23. The molecule has 1 aromatic carbocycles. The fraction of sp³-hybridized carbons (Fsp3) is 0.562. The second-order valence-corrected chi connectivity index (χ2v) is 5.65. The molecule has 0 aromatic heterocycles. The quantitative estimate of drug-likeness (QED) is 0.807. The van der Waals surface area contributed by atoms with Crippen LogP contribution < -0.4 is 5.32 Å². The van der Waals surface area contributed by atoms with E-state index in [0.717, 1.165) is 6.42 Å². The van der Waals surface area contributed by atoms with Crippen LogP contribution in [0.2, 0.25) is 0 Å². The van der Waals surface area contributed by atoms with Crippen LogP contribution in [-0.4, -0.2) is 11.9 Å². The standard InChI is InChI=1S/C16H22FNO/c1-11-6-4-3-5-7-15(11)18-16(19)14-9-8-13(17)10-12(14)2/h8-11,15H,3-7H2,1-2H3,(H,18,19). The fourth-order valence-corrected chi connectivity index (χ4v) is 2.84. The number of nitrogens with one attached hydrogen (secondary N) is 1. The van der Waals surface area contributed by atoms with Crippen LogP contribution in [-0.2, 0) is 0 Å². The predicted octanol–water partition coefficient (Wildman–Crippen LogP) is 3.83. The topological polar surface area (TPSA) is 29.1 Å². The van der Waals surface area contributed by atoms with Gasteiger partial charge in [-0.1, -0.05) is 26.2 Å². The fourth-order valence-electron chi connectivity index (χ4n) is 2.84. The number of benzene rings is 1. The maximum atomic E-state index is 13.1. The number of carbonyl (C=O) groups is 1. The van der Waals surface area contributed by atoms with Crippen LogP contribution in [0.5, 0.6) is 0 Å². The van der Waals surface area contributed by atoms with E-state index in [1.807, 2.05) is 0 Å². The molecule has 1 aliphatic carbocycles. The molecule has 1 fully saturated rings. The maximum Gasteiger partial charge on any atom is 0.251 e. The van der Waals surface area contributed by atoms with E-state index in [1.165, 1.54) is 37.8 Å². The minimum Gasteiger partial charge on any atom is -0.349 e. The molecular formula is C16H22FNO. The van der Waals surface area contributed by atoms with Crippen molar-refractivity contribution >= 4 is 5.91 Å². The first kappa shape index (κ1) is 14.0. The number of rotatable bonds is 2. The lowest BCUT2D eigenvalue weighted by Gasteiger charge is -2.23. The monoisotopic (exact) mass is 263 g/mol. The van der Waals surface area contributed by atoms with E-state index < -0.39 is 0 Å². The first-order valence-corrected chi connectivity index (χ1v) is 7.15. The molecule has 0 saturated heterocycles. The van der Waals surface area contributed by atoms with Crippen molar-refractivity contribution in [2.24, 2.45) is 5.92 Å². The van der Waals surface area contributed by atoms with Gasteiger partial charge in [0.25, 0.3) is 5.91 Å². The number of halogens is 1. The second kappa shape index (κ2) is 6.18. The van der Waals surface area contributed by atoms with Gasteiger partial charge in [-0.2, -0.15) is 0 Å². The van der Waals surface area contributed by atoms with Gasteiger partial charge < -0.3 is 5.32 Å². The van der Waals surface area contributed by atoms with E-state index in [0.29, 0.717) is 17.0 Å². The Hall–Kier alpha value is -1.38. The van der Waals surface area contributed by atoms with Crippen molar-refractivity contribution in [2.75, 3.05) is 0 Å². The van der Waals surface area contributed by atoms with Gasteiger partial charge in [-0.25, -0.2) is 4.39 Å². The van der Waals surface area contributed by atoms with Gasteiger partial charge in [0.15, 0.2) is 0 Å². The van der Waals surface area contributed by atoms with Crippen molar-refractivity contribution < 1.29 is 9.18 Å². The molecule has 1 amide bonds. The van der Waals surface area contributed by atoms with Crippen molar-refractivity contribution in [1.29, 1.82) is 0 Å². The third kappa shape index (κ3) is 3.55. The van der Waals surface area contributed by atoms with E-state index in [9.17, 15) is 9.18 Å². The Labute approximate surface area is 114 Å². The number of amides is 1. The average Bonchev–Trinajstić information content (AvgIpc) is 2.55. The summed E-state index contributed by atoms with van der Waals surface area (Å²) in [6, 6.07) is 4.57. The van der Waals surface area contributed by atoms with Gasteiger partial charge in [0.05, 0.1) is 0 Å². The molecule has 2 atom stereocenters. The van der Waals surface area contributed by atoms with Gasteiger partial charge in [-0.15, -0.1) is 0 Å². The lowest BCUT2D eigenvalue weighted by Crippen LogP contribution is -2.39. The van der Waals surface area contributed by atoms with E-state index in [2.05, 4.69) is 12.2 Å². The highest BCUT2D eigenvalue weighted by atomic mass is 19.1. The first-order chi connectivity index (χ1) is 9.08. The third-order valence-electron chi connectivity index (χ3n) is 4.11. The van der Waals surface area contributed by atoms with Crippen LogP contribution in [0.15, 0.2) is 18.2 Å². The Kier molecular flexibility index (Phi) is 4.56. The summed E-state index contributed by atoms with van der Waals surface area (Å²) in [5, 5.41) is 3.12. The summed E-state index contributed by atoms with van der Waals surface area (Å²) in [5.41, 5.74) is 1.27. The molecule has 0 radical (unpaired) electrons. The van der Waals surface area contributed by atoms with Crippen molar-refractivity contribution in [2.45, 2.75) is 52.0 Å². The van der Waals surface area contributed by atoms with Crippen molar-refractivity contribution in [3.8, 4) is 0 Å². The Morgan fingerprint density at radius 3 is 2.74 bits per heavy atom. The molecule has 0 heterocycles. The molecular weight excluding hydrogens is 241 g/mol. The van der Waals surface area contributed by atoms with E-state index in [1.54, 1.807) is 13.0 Å². The smallest absolute Gasteiger partial charge is 0.251 e. The van der Waals surface area contributed by atoms with Crippen LogP contribution in [0, 0.1) is 18.7 Å². The predicted molar refractivity (Wildman–Crippen MR) is 74.6 cm³/mol. The van der Waals surface area contributed by atoms with Crippen molar-refractivity contribution in [3.05, 3.63) is 35.1 Å². The molecule has 104 valence electrons. The molecule has 2 unspecified atom stereocenters. The lowest BCUT2D eigenvalue weighted by molar-refractivity contribution is 0.0921. The summed E-state index contributed by atoms with van der Waals surface area (Å²) in [6.07, 6.45) is 5.91. The number of aryl methyl sites for hydroxylation is 1. The van der Waals surface area contributed by atoms with Crippen LogP contribution in [0.1, 0.15) is 54.9 Å². The first-order valence-electron chi connectivity index (χ1n) is 7.15. The molecule has 3 heteroatoms. The maximum absolute atomic E-state index is 13.1. The van der Waals surface area contributed by atoms with Gasteiger partial charge in [-0.05, 0) is 49.4 Å². The average molecular weight is 263 g/mol. The molecule has 1 aliphatic rings. The van der Waals surface area contributed by atoms with E-state index in [-0.39, 0.29) is 17.8 Å².